The van der Waals surface area contributed by atoms with E-state index < -0.39 is 0 Å². The van der Waals surface area contributed by atoms with Crippen molar-refractivity contribution in [2.24, 2.45) is 5.73 Å². The molecule has 106 valence electrons. The highest BCUT2D eigenvalue weighted by Gasteiger charge is 2.14. The van der Waals surface area contributed by atoms with Crippen LogP contribution in [-0.2, 0) is 6.54 Å². The van der Waals surface area contributed by atoms with Crippen molar-refractivity contribution in [2.75, 3.05) is 0 Å². The fraction of sp³-hybridized carbons (Fsp3) is 0.188. The number of aryl methyl sites for hydroxylation is 2. The summed E-state index contributed by atoms with van der Waals surface area (Å²) in [5.74, 6) is 1.49. The molecular formula is C16H17N5. The number of aromatic nitrogens is 4. The Morgan fingerprint density at radius 2 is 1.86 bits per heavy atom. The third-order valence-electron chi connectivity index (χ3n) is 3.28. The summed E-state index contributed by atoms with van der Waals surface area (Å²) < 4.78 is 1.83. The predicted octanol–water partition coefficient (Wildman–Crippen LogP) is 2.40. The van der Waals surface area contributed by atoms with Gasteiger partial charge in [-0.15, -0.1) is 0 Å². The topological polar surface area (TPSA) is 69.6 Å². The van der Waals surface area contributed by atoms with Crippen LogP contribution in [0.1, 0.15) is 17.1 Å². The van der Waals surface area contributed by atoms with E-state index in [-0.39, 0.29) is 0 Å². The largest absolute Gasteiger partial charge is 0.326 e. The second-order valence-corrected chi connectivity index (χ2v) is 4.92. The zero-order valence-electron chi connectivity index (χ0n) is 12.1. The molecule has 2 aromatic heterocycles. The lowest BCUT2D eigenvalue weighted by Crippen LogP contribution is -2.06. The first-order valence-electron chi connectivity index (χ1n) is 6.84. The lowest BCUT2D eigenvalue weighted by molar-refractivity contribution is 0.828. The van der Waals surface area contributed by atoms with Gasteiger partial charge in [-0.3, -0.25) is 0 Å². The highest BCUT2D eigenvalue weighted by Crippen LogP contribution is 2.25. The van der Waals surface area contributed by atoms with Crippen molar-refractivity contribution in [3.8, 4) is 17.1 Å². The van der Waals surface area contributed by atoms with Gasteiger partial charge in [-0.2, -0.15) is 5.10 Å². The zero-order chi connectivity index (χ0) is 14.8. The first-order chi connectivity index (χ1) is 10.2. The van der Waals surface area contributed by atoms with Gasteiger partial charge in [0.05, 0.1) is 11.9 Å². The summed E-state index contributed by atoms with van der Waals surface area (Å²) in [5.41, 5.74) is 9.82. The molecule has 5 heteroatoms. The van der Waals surface area contributed by atoms with Gasteiger partial charge in [0.25, 0.3) is 0 Å². The van der Waals surface area contributed by atoms with Gasteiger partial charge in [-0.05, 0) is 13.8 Å². The standard InChI is InChI=1S/C16H17N5/c1-11-8-15(20-12(2)19-11)21-16(14(9-17)10-18-21)13-6-4-3-5-7-13/h3-8,10H,9,17H2,1-2H3. The Bertz CT molecular complexity index is 741. The van der Waals surface area contributed by atoms with E-state index in [0.29, 0.717) is 6.54 Å². The highest BCUT2D eigenvalue weighted by molar-refractivity contribution is 5.65. The third-order valence-corrected chi connectivity index (χ3v) is 3.28. The molecular weight excluding hydrogens is 262 g/mol. The van der Waals surface area contributed by atoms with E-state index >= 15 is 0 Å². The maximum Gasteiger partial charge on any atom is 0.157 e. The van der Waals surface area contributed by atoms with Crippen LogP contribution in [0.4, 0.5) is 0 Å². The quantitative estimate of drug-likeness (QED) is 0.799. The Balaban J connectivity index is 2.22. The second kappa shape index (κ2) is 5.46. The Hall–Kier alpha value is -2.53. The van der Waals surface area contributed by atoms with Crippen LogP contribution >= 0.6 is 0 Å². The summed E-state index contributed by atoms with van der Waals surface area (Å²) in [6.45, 7) is 4.27. The second-order valence-electron chi connectivity index (χ2n) is 4.92. The van der Waals surface area contributed by atoms with Gasteiger partial charge in [-0.25, -0.2) is 14.6 Å². The van der Waals surface area contributed by atoms with Crippen LogP contribution in [0, 0.1) is 13.8 Å². The van der Waals surface area contributed by atoms with E-state index in [1.807, 2.05) is 54.9 Å². The van der Waals surface area contributed by atoms with E-state index in [1.54, 1.807) is 6.20 Å². The van der Waals surface area contributed by atoms with Gasteiger partial charge in [0.1, 0.15) is 5.82 Å². The normalized spacial score (nSPS) is 10.8. The van der Waals surface area contributed by atoms with Gasteiger partial charge < -0.3 is 5.73 Å². The average Bonchev–Trinajstić information content (AvgIpc) is 2.91. The fourth-order valence-corrected chi connectivity index (χ4v) is 2.42. The van der Waals surface area contributed by atoms with Crippen LogP contribution in [0.3, 0.4) is 0 Å². The molecule has 1 aromatic carbocycles. The molecule has 2 N–H and O–H groups in total. The molecule has 0 bridgehead atoms. The van der Waals surface area contributed by atoms with Crippen LogP contribution in [0.15, 0.2) is 42.6 Å². The molecule has 0 aliphatic rings. The van der Waals surface area contributed by atoms with E-state index in [2.05, 4.69) is 15.1 Å². The highest BCUT2D eigenvalue weighted by atomic mass is 15.3. The minimum atomic E-state index is 0.438. The van der Waals surface area contributed by atoms with Gasteiger partial charge in [0.15, 0.2) is 5.82 Å². The summed E-state index contributed by atoms with van der Waals surface area (Å²) in [5, 5.41) is 4.46. The molecule has 0 spiro atoms. The van der Waals surface area contributed by atoms with Crippen LogP contribution in [0.25, 0.3) is 17.1 Å². The molecule has 3 aromatic rings. The average molecular weight is 279 g/mol. The first-order valence-corrected chi connectivity index (χ1v) is 6.84. The minimum absolute atomic E-state index is 0.438. The molecule has 0 atom stereocenters. The molecule has 0 aliphatic heterocycles. The van der Waals surface area contributed by atoms with Crippen molar-refractivity contribution in [1.29, 1.82) is 0 Å². The van der Waals surface area contributed by atoms with Gasteiger partial charge >= 0.3 is 0 Å². The van der Waals surface area contributed by atoms with Crippen molar-refractivity contribution < 1.29 is 0 Å². The van der Waals surface area contributed by atoms with E-state index in [4.69, 9.17) is 5.73 Å². The molecule has 0 radical (unpaired) electrons. The Kier molecular flexibility index (Phi) is 3.50. The van der Waals surface area contributed by atoms with Crippen molar-refractivity contribution in [1.82, 2.24) is 19.7 Å². The predicted molar refractivity (Wildman–Crippen MR) is 82.0 cm³/mol. The molecule has 21 heavy (non-hydrogen) atoms. The molecule has 0 amide bonds. The summed E-state index contributed by atoms with van der Waals surface area (Å²) in [6.07, 6.45) is 1.80. The SMILES string of the molecule is Cc1cc(-n2ncc(CN)c2-c2ccccc2)nc(C)n1. The zero-order valence-corrected chi connectivity index (χ0v) is 12.1. The lowest BCUT2D eigenvalue weighted by atomic mass is 10.1. The van der Waals surface area contributed by atoms with Gasteiger partial charge in [-0.1, -0.05) is 30.3 Å². The van der Waals surface area contributed by atoms with Crippen LogP contribution < -0.4 is 5.73 Å². The van der Waals surface area contributed by atoms with Crippen molar-refractivity contribution >= 4 is 0 Å². The minimum Gasteiger partial charge on any atom is -0.326 e. The maximum absolute atomic E-state index is 5.85. The van der Waals surface area contributed by atoms with Crippen molar-refractivity contribution in [3.05, 3.63) is 59.7 Å². The number of nitrogens with two attached hydrogens (primary N) is 1. The first kappa shape index (κ1) is 13.5. The molecule has 3 rings (SSSR count). The van der Waals surface area contributed by atoms with E-state index in [0.717, 1.165) is 34.2 Å². The number of benzene rings is 1. The summed E-state index contributed by atoms with van der Waals surface area (Å²) in [4.78, 5) is 8.80. The molecule has 5 nitrogen and oxygen atoms in total. The van der Waals surface area contributed by atoms with Crippen molar-refractivity contribution in [2.45, 2.75) is 20.4 Å². The Labute approximate surface area is 123 Å². The molecule has 0 aliphatic carbocycles. The molecule has 0 fully saturated rings. The van der Waals surface area contributed by atoms with E-state index in [9.17, 15) is 0 Å². The Morgan fingerprint density at radius 3 is 2.52 bits per heavy atom. The smallest absolute Gasteiger partial charge is 0.157 e. The van der Waals surface area contributed by atoms with E-state index in [1.165, 1.54) is 0 Å². The molecule has 0 saturated heterocycles. The monoisotopic (exact) mass is 279 g/mol. The number of hydrogen-bond acceptors (Lipinski definition) is 4. The fourth-order valence-electron chi connectivity index (χ4n) is 2.42. The summed E-state index contributed by atoms with van der Waals surface area (Å²) in [6, 6.07) is 12.0. The summed E-state index contributed by atoms with van der Waals surface area (Å²) in [7, 11) is 0. The molecule has 2 heterocycles. The summed E-state index contributed by atoms with van der Waals surface area (Å²) >= 11 is 0. The van der Waals surface area contributed by atoms with Gasteiger partial charge in [0, 0.05) is 29.4 Å². The molecule has 0 unspecified atom stereocenters. The van der Waals surface area contributed by atoms with Crippen LogP contribution in [0.2, 0.25) is 0 Å². The number of hydrogen-bond donors (Lipinski definition) is 1. The van der Waals surface area contributed by atoms with Crippen LogP contribution in [0.5, 0.6) is 0 Å². The van der Waals surface area contributed by atoms with Crippen molar-refractivity contribution in [3.63, 3.8) is 0 Å². The lowest BCUT2D eigenvalue weighted by Gasteiger charge is -2.10. The van der Waals surface area contributed by atoms with Crippen LogP contribution in [-0.4, -0.2) is 19.7 Å². The molecule has 0 saturated carbocycles. The Morgan fingerprint density at radius 1 is 1.10 bits per heavy atom. The van der Waals surface area contributed by atoms with Gasteiger partial charge in [0.2, 0.25) is 0 Å². The number of nitrogens with zero attached hydrogens (tertiary/aromatic N) is 4. The maximum atomic E-state index is 5.85. The third kappa shape index (κ3) is 2.55. The number of rotatable bonds is 3.